The van der Waals surface area contributed by atoms with E-state index in [0.29, 0.717) is 5.56 Å². The lowest BCUT2D eigenvalue weighted by Gasteiger charge is -2.19. The first-order valence-corrected chi connectivity index (χ1v) is 6.93. The van der Waals surface area contributed by atoms with E-state index < -0.39 is 33.5 Å². The maximum Gasteiger partial charge on any atom is 0.402 e. The Bertz CT molecular complexity index is 559. The Morgan fingerprint density at radius 2 is 1.89 bits per heavy atom. The molecule has 0 radical (unpaired) electrons. The molecule has 0 amide bonds. The Kier molecular flexibility index (Phi) is 4.81. The van der Waals surface area contributed by atoms with Crippen LogP contribution in [0.5, 0.6) is 0 Å². The topological polar surface area (TPSA) is 37.4 Å². The molecule has 0 atom stereocenters. The third-order valence-electron chi connectivity index (χ3n) is 2.24. The van der Waals surface area contributed by atoms with Gasteiger partial charge in [-0.3, -0.25) is 0 Å². The summed E-state index contributed by atoms with van der Waals surface area (Å²) in [6.45, 7) is -1.69. The van der Waals surface area contributed by atoms with Gasteiger partial charge in [-0.15, -0.1) is 11.6 Å². The molecule has 19 heavy (non-hydrogen) atoms. The van der Waals surface area contributed by atoms with Crippen LogP contribution in [-0.4, -0.2) is 32.5 Å². The largest absolute Gasteiger partial charge is 0.402 e. The van der Waals surface area contributed by atoms with Crippen LogP contribution in [0.25, 0.3) is 0 Å². The van der Waals surface area contributed by atoms with Crippen molar-refractivity contribution < 1.29 is 26.0 Å². The zero-order chi connectivity index (χ0) is 14.8. The first kappa shape index (κ1) is 16.2. The predicted molar refractivity (Wildman–Crippen MR) is 61.8 cm³/mol. The van der Waals surface area contributed by atoms with Gasteiger partial charge in [0.05, 0.1) is 0 Å². The molecule has 1 aromatic carbocycles. The van der Waals surface area contributed by atoms with Gasteiger partial charge in [0.15, 0.2) is 0 Å². The first-order chi connectivity index (χ1) is 8.58. The van der Waals surface area contributed by atoms with Crippen molar-refractivity contribution in [1.82, 2.24) is 4.31 Å². The van der Waals surface area contributed by atoms with Gasteiger partial charge in [0.1, 0.15) is 17.3 Å². The fraction of sp³-hybridized carbons (Fsp3) is 0.400. The van der Waals surface area contributed by atoms with Crippen molar-refractivity contribution in [3.8, 4) is 0 Å². The van der Waals surface area contributed by atoms with Gasteiger partial charge in [-0.25, -0.2) is 12.8 Å². The van der Waals surface area contributed by atoms with E-state index in [4.69, 9.17) is 11.6 Å². The van der Waals surface area contributed by atoms with Crippen molar-refractivity contribution in [2.45, 2.75) is 17.0 Å². The third-order valence-corrected chi connectivity index (χ3v) is 4.39. The fourth-order valence-electron chi connectivity index (χ4n) is 1.34. The molecular weight excluding hydrogens is 310 g/mol. The molecule has 3 nitrogen and oxygen atoms in total. The molecule has 0 unspecified atom stereocenters. The van der Waals surface area contributed by atoms with Gasteiger partial charge in [0.2, 0.25) is 10.0 Å². The zero-order valence-electron chi connectivity index (χ0n) is 9.71. The van der Waals surface area contributed by atoms with E-state index in [0.717, 1.165) is 19.2 Å². The molecule has 0 aliphatic carbocycles. The average Bonchev–Trinajstić information content (AvgIpc) is 2.26. The summed E-state index contributed by atoms with van der Waals surface area (Å²) < 4.78 is 73.7. The highest BCUT2D eigenvalue weighted by Crippen LogP contribution is 2.24. The number of rotatable bonds is 4. The van der Waals surface area contributed by atoms with Crippen molar-refractivity contribution in [1.29, 1.82) is 0 Å². The van der Waals surface area contributed by atoms with Crippen molar-refractivity contribution >= 4 is 21.6 Å². The van der Waals surface area contributed by atoms with E-state index in [2.05, 4.69) is 0 Å². The predicted octanol–water partition coefficient (Wildman–Crippen LogP) is 2.75. The summed E-state index contributed by atoms with van der Waals surface area (Å²) in [5, 5.41) is 0. The van der Waals surface area contributed by atoms with Crippen LogP contribution in [0.4, 0.5) is 17.6 Å². The molecule has 0 heterocycles. The van der Waals surface area contributed by atoms with E-state index in [1.165, 1.54) is 6.07 Å². The molecule has 1 aromatic rings. The van der Waals surface area contributed by atoms with E-state index in [9.17, 15) is 26.0 Å². The molecule has 0 bridgehead atoms. The maximum absolute atomic E-state index is 13.6. The normalized spacial score (nSPS) is 13.0. The standard InChI is InChI=1S/C10H10ClF4NO2S/c1-16(6-10(13,14)15)19(17,18)9-3-2-7(5-11)4-8(9)12/h2-4H,5-6H2,1H3. The smallest absolute Gasteiger partial charge is 0.207 e. The highest BCUT2D eigenvalue weighted by Gasteiger charge is 2.35. The second-order valence-corrected chi connectivity index (χ2v) is 6.06. The number of nitrogens with zero attached hydrogens (tertiary/aromatic N) is 1. The molecule has 0 aliphatic rings. The lowest BCUT2D eigenvalue weighted by atomic mass is 10.2. The van der Waals surface area contributed by atoms with Crippen LogP contribution in [0, 0.1) is 5.82 Å². The van der Waals surface area contributed by atoms with Gasteiger partial charge >= 0.3 is 6.18 Å². The quantitative estimate of drug-likeness (QED) is 0.632. The summed E-state index contributed by atoms with van der Waals surface area (Å²) in [5.41, 5.74) is 0.330. The van der Waals surface area contributed by atoms with Crippen LogP contribution in [0.15, 0.2) is 23.1 Å². The van der Waals surface area contributed by atoms with Crippen LogP contribution in [-0.2, 0) is 15.9 Å². The van der Waals surface area contributed by atoms with E-state index >= 15 is 0 Å². The highest BCUT2D eigenvalue weighted by atomic mass is 35.5. The van der Waals surface area contributed by atoms with Gasteiger partial charge in [0.25, 0.3) is 0 Å². The molecule has 0 spiro atoms. The molecule has 1 rings (SSSR count). The molecule has 0 aliphatic heterocycles. The van der Waals surface area contributed by atoms with Crippen LogP contribution < -0.4 is 0 Å². The molecule has 0 saturated heterocycles. The summed E-state index contributed by atoms with van der Waals surface area (Å²) in [4.78, 5) is -0.812. The minimum atomic E-state index is -4.70. The van der Waals surface area contributed by atoms with Crippen molar-refractivity contribution in [3.05, 3.63) is 29.6 Å². The number of sulfonamides is 1. The van der Waals surface area contributed by atoms with Gasteiger partial charge < -0.3 is 0 Å². The van der Waals surface area contributed by atoms with Crippen LogP contribution in [0.2, 0.25) is 0 Å². The zero-order valence-corrected chi connectivity index (χ0v) is 11.3. The molecule has 9 heteroatoms. The SMILES string of the molecule is CN(CC(F)(F)F)S(=O)(=O)c1ccc(CCl)cc1F. The Morgan fingerprint density at radius 3 is 2.32 bits per heavy atom. The van der Waals surface area contributed by atoms with E-state index in [-0.39, 0.29) is 10.2 Å². The Balaban J connectivity index is 3.13. The Labute approximate surface area is 112 Å². The van der Waals surface area contributed by atoms with Crippen molar-refractivity contribution in [3.63, 3.8) is 0 Å². The number of benzene rings is 1. The summed E-state index contributed by atoms with van der Waals surface area (Å²) in [6.07, 6.45) is -4.70. The molecule has 108 valence electrons. The minimum Gasteiger partial charge on any atom is -0.207 e. The van der Waals surface area contributed by atoms with Crippen molar-refractivity contribution in [2.24, 2.45) is 0 Å². The Hall–Kier alpha value is -0.860. The third kappa shape index (κ3) is 4.05. The molecule has 0 N–H and O–H groups in total. The van der Waals surface area contributed by atoms with E-state index in [1.54, 1.807) is 0 Å². The number of hydrogen-bond acceptors (Lipinski definition) is 2. The lowest BCUT2D eigenvalue weighted by Crippen LogP contribution is -2.36. The lowest BCUT2D eigenvalue weighted by molar-refractivity contribution is -0.134. The molecule has 0 saturated carbocycles. The molecule has 0 aromatic heterocycles. The summed E-state index contributed by atoms with van der Waals surface area (Å²) in [7, 11) is -3.80. The molecule has 0 fully saturated rings. The van der Waals surface area contributed by atoms with Crippen LogP contribution in [0.1, 0.15) is 5.56 Å². The van der Waals surface area contributed by atoms with Gasteiger partial charge in [-0.1, -0.05) is 6.07 Å². The minimum absolute atomic E-state index is 0.0321. The van der Waals surface area contributed by atoms with Gasteiger partial charge in [-0.2, -0.15) is 17.5 Å². The second kappa shape index (κ2) is 5.64. The molecular formula is C10H10ClF4NO2S. The summed E-state index contributed by atoms with van der Waals surface area (Å²) >= 11 is 5.44. The first-order valence-electron chi connectivity index (χ1n) is 4.95. The van der Waals surface area contributed by atoms with Crippen molar-refractivity contribution in [2.75, 3.05) is 13.6 Å². The summed E-state index contributed by atoms with van der Waals surface area (Å²) in [5.74, 6) is -1.16. The monoisotopic (exact) mass is 319 g/mol. The Morgan fingerprint density at radius 1 is 1.32 bits per heavy atom. The van der Waals surface area contributed by atoms with Gasteiger partial charge in [0, 0.05) is 12.9 Å². The second-order valence-electron chi connectivity index (χ2n) is 3.77. The average molecular weight is 320 g/mol. The van der Waals surface area contributed by atoms with Gasteiger partial charge in [-0.05, 0) is 17.7 Å². The summed E-state index contributed by atoms with van der Waals surface area (Å²) in [6, 6.07) is 3.01. The highest BCUT2D eigenvalue weighted by molar-refractivity contribution is 7.89. The number of halogens is 5. The maximum atomic E-state index is 13.6. The fourth-order valence-corrected chi connectivity index (χ4v) is 2.71. The number of alkyl halides is 4. The number of hydrogen-bond donors (Lipinski definition) is 0. The van der Waals surface area contributed by atoms with Crippen LogP contribution >= 0.6 is 11.6 Å². The van der Waals surface area contributed by atoms with Crippen LogP contribution in [0.3, 0.4) is 0 Å². The van der Waals surface area contributed by atoms with E-state index in [1.807, 2.05) is 0 Å².